The van der Waals surface area contributed by atoms with E-state index >= 15 is 0 Å². The molecule has 2 aromatic heterocycles. The van der Waals surface area contributed by atoms with Crippen LogP contribution in [0.5, 0.6) is 0 Å². The van der Waals surface area contributed by atoms with Crippen molar-refractivity contribution in [2.75, 3.05) is 11.9 Å². The van der Waals surface area contributed by atoms with Gasteiger partial charge in [-0.25, -0.2) is 4.98 Å². The highest BCUT2D eigenvalue weighted by Gasteiger charge is 2.22. The molecule has 4 nitrogen and oxygen atoms in total. The zero-order valence-corrected chi connectivity index (χ0v) is 13.1. The van der Waals surface area contributed by atoms with Crippen molar-refractivity contribution in [2.24, 2.45) is 0 Å². The van der Waals surface area contributed by atoms with Crippen molar-refractivity contribution in [1.29, 1.82) is 0 Å². The molecular weight excluding hydrogens is 270 g/mol. The molecule has 20 heavy (non-hydrogen) atoms. The Morgan fingerprint density at radius 1 is 1.35 bits per heavy atom. The van der Waals surface area contributed by atoms with Gasteiger partial charge in [-0.2, -0.15) is 0 Å². The van der Waals surface area contributed by atoms with Crippen molar-refractivity contribution in [3.05, 3.63) is 20.8 Å². The van der Waals surface area contributed by atoms with Gasteiger partial charge in [0.05, 0.1) is 5.39 Å². The second-order valence-corrected chi connectivity index (χ2v) is 6.71. The van der Waals surface area contributed by atoms with Gasteiger partial charge in [0.15, 0.2) is 0 Å². The van der Waals surface area contributed by atoms with Gasteiger partial charge >= 0.3 is 0 Å². The Labute approximate surface area is 122 Å². The summed E-state index contributed by atoms with van der Waals surface area (Å²) in [6, 6.07) is 0.118. The first kappa shape index (κ1) is 13.6. The predicted molar refractivity (Wildman–Crippen MR) is 85.1 cm³/mol. The second-order valence-electron chi connectivity index (χ2n) is 5.63. The van der Waals surface area contributed by atoms with E-state index in [9.17, 15) is 4.79 Å². The number of hydrogen-bond donors (Lipinski definition) is 1. The fourth-order valence-electron chi connectivity index (χ4n) is 2.98. The van der Waals surface area contributed by atoms with Gasteiger partial charge in [-0.1, -0.05) is 0 Å². The molecule has 1 N–H and O–H groups in total. The third-order valence-electron chi connectivity index (χ3n) is 3.87. The third kappa shape index (κ3) is 2.04. The molecule has 3 rings (SSSR count). The minimum absolute atomic E-state index is 0.118. The monoisotopic (exact) mass is 291 g/mol. The van der Waals surface area contributed by atoms with E-state index in [1.54, 1.807) is 15.9 Å². The van der Waals surface area contributed by atoms with E-state index < -0.39 is 0 Å². The van der Waals surface area contributed by atoms with Crippen molar-refractivity contribution in [2.45, 2.75) is 52.5 Å². The molecule has 5 heteroatoms. The Kier molecular flexibility index (Phi) is 3.54. The van der Waals surface area contributed by atoms with E-state index in [0.717, 1.165) is 29.6 Å². The van der Waals surface area contributed by atoms with E-state index in [-0.39, 0.29) is 11.6 Å². The topological polar surface area (TPSA) is 46.9 Å². The summed E-state index contributed by atoms with van der Waals surface area (Å²) in [5.74, 6) is 0.707. The van der Waals surface area contributed by atoms with Crippen LogP contribution < -0.4 is 10.9 Å². The summed E-state index contributed by atoms with van der Waals surface area (Å²) in [4.78, 5) is 19.9. The van der Waals surface area contributed by atoms with Crippen molar-refractivity contribution < 1.29 is 0 Å². The van der Waals surface area contributed by atoms with Gasteiger partial charge in [0, 0.05) is 17.5 Å². The van der Waals surface area contributed by atoms with Crippen molar-refractivity contribution in [3.63, 3.8) is 0 Å². The van der Waals surface area contributed by atoms with Crippen molar-refractivity contribution in [1.82, 2.24) is 9.55 Å². The third-order valence-corrected chi connectivity index (χ3v) is 5.06. The first-order valence-corrected chi connectivity index (χ1v) is 8.25. The van der Waals surface area contributed by atoms with Gasteiger partial charge in [-0.15, -0.1) is 11.3 Å². The first-order chi connectivity index (χ1) is 9.63. The van der Waals surface area contributed by atoms with Crippen LogP contribution in [0.3, 0.4) is 0 Å². The van der Waals surface area contributed by atoms with E-state index in [4.69, 9.17) is 4.98 Å². The van der Waals surface area contributed by atoms with Gasteiger partial charge in [-0.05, 0) is 52.0 Å². The maximum absolute atomic E-state index is 12.9. The van der Waals surface area contributed by atoms with Crippen molar-refractivity contribution in [3.8, 4) is 0 Å². The van der Waals surface area contributed by atoms with Gasteiger partial charge in [0.2, 0.25) is 5.95 Å². The quantitative estimate of drug-likeness (QED) is 0.943. The summed E-state index contributed by atoms with van der Waals surface area (Å²) in [6.07, 6.45) is 4.56. The highest BCUT2D eigenvalue weighted by Crippen LogP contribution is 2.34. The summed E-state index contributed by atoms with van der Waals surface area (Å²) >= 11 is 1.71. The summed E-state index contributed by atoms with van der Waals surface area (Å²) < 4.78 is 1.80. The van der Waals surface area contributed by atoms with Crippen LogP contribution >= 0.6 is 11.3 Å². The number of nitrogens with zero attached hydrogens (tertiary/aromatic N) is 2. The van der Waals surface area contributed by atoms with E-state index in [1.807, 2.05) is 20.8 Å². The Bertz CT molecular complexity index is 699. The minimum atomic E-state index is 0.118. The van der Waals surface area contributed by atoms with Crippen molar-refractivity contribution >= 4 is 27.5 Å². The smallest absolute Gasteiger partial charge is 0.264 e. The second kappa shape index (κ2) is 5.20. The molecule has 0 atom stereocenters. The zero-order valence-electron chi connectivity index (χ0n) is 12.3. The Hall–Kier alpha value is -1.36. The fraction of sp³-hybridized carbons (Fsp3) is 0.600. The molecule has 0 fully saturated rings. The fourth-order valence-corrected chi connectivity index (χ4v) is 4.23. The number of fused-ring (bicyclic) bond motifs is 3. The molecule has 0 saturated carbocycles. The first-order valence-electron chi connectivity index (χ1n) is 7.44. The van der Waals surface area contributed by atoms with Crippen LogP contribution in [-0.4, -0.2) is 16.1 Å². The molecule has 0 aliphatic heterocycles. The highest BCUT2D eigenvalue weighted by atomic mass is 32.1. The molecule has 0 aromatic carbocycles. The van der Waals surface area contributed by atoms with Crippen LogP contribution in [0.1, 0.15) is 50.1 Å². The number of aryl methyl sites for hydroxylation is 2. The normalized spacial score (nSPS) is 14.8. The molecule has 0 radical (unpaired) electrons. The Balaban J connectivity index is 2.32. The summed E-state index contributed by atoms with van der Waals surface area (Å²) in [6.45, 7) is 6.87. The van der Waals surface area contributed by atoms with Crippen LogP contribution in [0, 0.1) is 0 Å². The van der Waals surface area contributed by atoms with Crippen LogP contribution in [-0.2, 0) is 12.8 Å². The largest absolute Gasteiger partial charge is 0.356 e. The molecule has 2 heterocycles. The predicted octanol–water partition coefficient (Wildman–Crippen LogP) is 3.35. The summed E-state index contributed by atoms with van der Waals surface area (Å²) in [5, 5.41) is 4.10. The lowest BCUT2D eigenvalue weighted by molar-refractivity contribution is 0.580. The molecule has 0 unspecified atom stereocenters. The van der Waals surface area contributed by atoms with Gasteiger partial charge in [0.25, 0.3) is 5.56 Å². The van der Waals surface area contributed by atoms with Crippen LogP contribution in [0.4, 0.5) is 5.95 Å². The number of nitrogens with one attached hydrogen (secondary N) is 1. The summed E-state index contributed by atoms with van der Waals surface area (Å²) in [5.41, 5.74) is 1.39. The lowest BCUT2D eigenvalue weighted by Gasteiger charge is -2.16. The Morgan fingerprint density at radius 3 is 2.80 bits per heavy atom. The van der Waals surface area contributed by atoms with E-state index in [2.05, 4.69) is 5.32 Å². The number of rotatable bonds is 3. The molecular formula is C15H21N3OS. The van der Waals surface area contributed by atoms with Gasteiger partial charge in [0.1, 0.15) is 4.83 Å². The average Bonchev–Trinajstić information content (AvgIpc) is 2.76. The summed E-state index contributed by atoms with van der Waals surface area (Å²) in [7, 11) is 0. The molecule has 2 aromatic rings. The Morgan fingerprint density at radius 2 is 2.10 bits per heavy atom. The maximum atomic E-state index is 12.9. The lowest BCUT2D eigenvalue weighted by Crippen LogP contribution is -2.26. The van der Waals surface area contributed by atoms with E-state index in [0.29, 0.717) is 5.95 Å². The average molecular weight is 291 g/mol. The van der Waals surface area contributed by atoms with Gasteiger partial charge in [-0.3, -0.25) is 9.36 Å². The highest BCUT2D eigenvalue weighted by molar-refractivity contribution is 7.18. The molecule has 108 valence electrons. The lowest BCUT2D eigenvalue weighted by atomic mass is 9.97. The molecule has 0 spiro atoms. The van der Waals surface area contributed by atoms with E-state index in [1.165, 1.54) is 23.3 Å². The minimum Gasteiger partial charge on any atom is -0.356 e. The zero-order chi connectivity index (χ0) is 14.3. The standard InChI is InChI=1S/C15H21N3OS/c1-4-16-15-17-13-12(14(19)18(15)9(2)3)10-7-5-6-8-11(10)20-13/h9H,4-8H2,1-3H3,(H,16,17). The number of anilines is 1. The molecule has 0 bridgehead atoms. The van der Waals surface area contributed by atoms with Crippen LogP contribution in [0.15, 0.2) is 4.79 Å². The SMILES string of the molecule is CCNc1nc2sc3c(c2c(=O)n1C(C)C)CCCC3. The maximum Gasteiger partial charge on any atom is 0.264 e. The molecule has 1 aliphatic carbocycles. The molecule has 0 saturated heterocycles. The van der Waals surface area contributed by atoms with Gasteiger partial charge < -0.3 is 5.32 Å². The molecule has 1 aliphatic rings. The van der Waals surface area contributed by atoms with Crippen LogP contribution in [0.2, 0.25) is 0 Å². The number of aromatic nitrogens is 2. The molecule has 0 amide bonds. The number of hydrogen-bond acceptors (Lipinski definition) is 4. The number of thiophene rings is 1. The van der Waals surface area contributed by atoms with Crippen LogP contribution in [0.25, 0.3) is 10.2 Å².